The zero-order valence-electron chi connectivity index (χ0n) is 18.2. The second-order valence-corrected chi connectivity index (χ2v) is 7.25. The van der Waals surface area contributed by atoms with Crippen LogP contribution in [0.1, 0.15) is 46.0 Å². The minimum atomic E-state index is -0.654. The van der Waals surface area contributed by atoms with E-state index in [1.807, 2.05) is 13.0 Å². The quantitative estimate of drug-likeness (QED) is 0.543. The molecule has 0 bridgehead atoms. The van der Waals surface area contributed by atoms with E-state index < -0.39 is 17.2 Å². The number of aromatic hydroxyl groups is 1. The lowest BCUT2D eigenvalue weighted by Crippen LogP contribution is -2.27. The summed E-state index contributed by atoms with van der Waals surface area (Å²) >= 11 is 0. The highest BCUT2D eigenvalue weighted by Crippen LogP contribution is 2.26. The first-order valence-corrected chi connectivity index (χ1v) is 10.2. The van der Waals surface area contributed by atoms with Crippen molar-refractivity contribution in [3.63, 3.8) is 0 Å². The van der Waals surface area contributed by atoms with Crippen molar-refractivity contribution >= 4 is 5.78 Å². The van der Waals surface area contributed by atoms with Crippen molar-refractivity contribution in [2.24, 2.45) is 0 Å². The van der Waals surface area contributed by atoms with Gasteiger partial charge in [-0.15, -0.1) is 0 Å². The van der Waals surface area contributed by atoms with Crippen LogP contribution in [0.5, 0.6) is 17.4 Å². The van der Waals surface area contributed by atoms with Gasteiger partial charge in [0.25, 0.3) is 5.56 Å². The lowest BCUT2D eigenvalue weighted by atomic mass is 9.97. The molecular weight excluding hydrogens is 408 g/mol. The van der Waals surface area contributed by atoms with Crippen LogP contribution in [0.15, 0.2) is 53.3 Å². The first-order valence-electron chi connectivity index (χ1n) is 10.2. The van der Waals surface area contributed by atoms with Crippen LogP contribution < -0.4 is 15.0 Å². The maximum atomic E-state index is 13.2. The number of methoxy groups -OCH3 is 1. The van der Waals surface area contributed by atoms with Gasteiger partial charge in [-0.05, 0) is 60.9 Å². The monoisotopic (exact) mass is 432 g/mol. The summed E-state index contributed by atoms with van der Waals surface area (Å²) in [7, 11) is 1.55. The van der Waals surface area contributed by atoms with Crippen molar-refractivity contribution in [2.45, 2.75) is 26.8 Å². The molecule has 0 saturated carbocycles. The Bertz CT molecular complexity index is 1220. The zero-order valence-corrected chi connectivity index (χ0v) is 18.2. The van der Waals surface area contributed by atoms with E-state index >= 15 is 0 Å². The molecule has 0 radical (unpaired) electrons. The Hall–Kier alpha value is -4.05. The molecular formula is C25H24N2O5. The van der Waals surface area contributed by atoms with Gasteiger partial charge in [-0.3, -0.25) is 14.2 Å². The Morgan fingerprint density at radius 2 is 1.72 bits per heavy atom. The van der Waals surface area contributed by atoms with Crippen molar-refractivity contribution in [1.82, 2.24) is 4.57 Å². The molecule has 7 heteroatoms. The number of aromatic nitrogens is 1. The smallest absolute Gasteiger partial charge is 0.271 e. The van der Waals surface area contributed by atoms with Crippen LogP contribution in [0.3, 0.4) is 0 Å². The van der Waals surface area contributed by atoms with E-state index in [0.29, 0.717) is 29.2 Å². The summed E-state index contributed by atoms with van der Waals surface area (Å²) in [6.45, 7) is 4.04. The fraction of sp³-hybridized carbons (Fsp3) is 0.240. The summed E-state index contributed by atoms with van der Waals surface area (Å²) in [5, 5.41) is 20.5. The zero-order chi connectivity index (χ0) is 23.3. The van der Waals surface area contributed by atoms with Crippen molar-refractivity contribution in [1.29, 1.82) is 5.26 Å². The molecule has 0 aliphatic carbocycles. The van der Waals surface area contributed by atoms with Gasteiger partial charge in [-0.2, -0.15) is 5.26 Å². The summed E-state index contributed by atoms with van der Waals surface area (Å²) in [4.78, 5) is 26.1. The standard InChI is InChI=1S/C25H24N2O5/c1-4-13-32-20-11-7-18(8-12-20)23(28)22-16(2)21(14-26)24(29)27(25(22)30)15-17-5-9-19(31-3)10-6-17/h5-12,30H,4,13,15H2,1-3H3. The van der Waals surface area contributed by atoms with Gasteiger partial charge in [-0.25, -0.2) is 0 Å². The van der Waals surface area contributed by atoms with Gasteiger partial charge < -0.3 is 14.6 Å². The van der Waals surface area contributed by atoms with Crippen molar-refractivity contribution < 1.29 is 19.4 Å². The fourth-order valence-corrected chi connectivity index (χ4v) is 3.35. The molecule has 1 aromatic heterocycles. The maximum Gasteiger partial charge on any atom is 0.271 e. The largest absolute Gasteiger partial charge is 0.497 e. The summed E-state index contributed by atoms with van der Waals surface area (Å²) in [6, 6.07) is 15.4. The molecule has 0 amide bonds. The van der Waals surface area contributed by atoms with E-state index in [0.717, 1.165) is 11.0 Å². The third-order valence-electron chi connectivity index (χ3n) is 5.12. The van der Waals surface area contributed by atoms with Gasteiger partial charge in [0.05, 0.1) is 25.8 Å². The average Bonchev–Trinajstić information content (AvgIpc) is 2.81. The number of ketones is 1. The number of rotatable bonds is 8. The molecule has 0 atom stereocenters. The second kappa shape index (κ2) is 9.84. The first kappa shape index (κ1) is 22.6. The van der Waals surface area contributed by atoms with Crippen LogP contribution in [0.25, 0.3) is 0 Å². The molecule has 3 rings (SSSR count). The SMILES string of the molecule is CCCOc1ccc(C(=O)c2c(C)c(C#N)c(=O)n(Cc3ccc(OC)cc3)c2O)cc1. The lowest BCUT2D eigenvalue weighted by Gasteiger charge is -2.16. The number of hydrogen-bond donors (Lipinski definition) is 1. The van der Waals surface area contributed by atoms with Crippen LogP contribution in [0.2, 0.25) is 0 Å². The normalized spacial score (nSPS) is 10.4. The molecule has 1 heterocycles. The van der Waals surface area contributed by atoms with Gasteiger partial charge in [0.2, 0.25) is 5.88 Å². The number of nitrogens with zero attached hydrogens (tertiary/aromatic N) is 2. The molecule has 0 aliphatic rings. The van der Waals surface area contributed by atoms with Crippen LogP contribution in [0.4, 0.5) is 0 Å². The third-order valence-corrected chi connectivity index (χ3v) is 5.12. The lowest BCUT2D eigenvalue weighted by molar-refractivity contribution is 0.103. The molecule has 0 unspecified atom stereocenters. The highest BCUT2D eigenvalue weighted by molar-refractivity contribution is 6.11. The van der Waals surface area contributed by atoms with Crippen molar-refractivity contribution in [2.75, 3.05) is 13.7 Å². The van der Waals surface area contributed by atoms with Gasteiger partial charge >= 0.3 is 0 Å². The number of ether oxygens (including phenoxy) is 2. The maximum absolute atomic E-state index is 13.2. The molecule has 7 nitrogen and oxygen atoms in total. The molecule has 0 spiro atoms. The molecule has 164 valence electrons. The van der Waals surface area contributed by atoms with E-state index in [4.69, 9.17) is 9.47 Å². The Morgan fingerprint density at radius 3 is 2.28 bits per heavy atom. The topological polar surface area (TPSA) is 102 Å². The average molecular weight is 432 g/mol. The first-order chi connectivity index (χ1) is 15.4. The summed E-state index contributed by atoms with van der Waals surface area (Å²) in [6.07, 6.45) is 0.862. The summed E-state index contributed by atoms with van der Waals surface area (Å²) < 4.78 is 11.7. The van der Waals surface area contributed by atoms with Gasteiger partial charge in [-0.1, -0.05) is 19.1 Å². The number of carbonyl (C=O) groups is 1. The summed E-state index contributed by atoms with van der Waals surface area (Å²) in [5.41, 5.74) is 0.257. The molecule has 0 aliphatic heterocycles. The predicted octanol–water partition coefficient (Wildman–Crippen LogP) is 3.81. The fourth-order valence-electron chi connectivity index (χ4n) is 3.35. The Morgan fingerprint density at radius 1 is 1.09 bits per heavy atom. The van der Waals surface area contributed by atoms with Gasteiger partial charge in [0.1, 0.15) is 23.1 Å². The van der Waals surface area contributed by atoms with Crippen molar-refractivity contribution in [3.8, 4) is 23.4 Å². The van der Waals surface area contributed by atoms with Crippen LogP contribution >= 0.6 is 0 Å². The molecule has 0 saturated heterocycles. The number of carbonyl (C=O) groups excluding carboxylic acids is 1. The Labute approximate surface area is 186 Å². The number of pyridine rings is 1. The number of nitriles is 1. The number of hydrogen-bond acceptors (Lipinski definition) is 6. The van der Waals surface area contributed by atoms with Gasteiger partial charge in [0, 0.05) is 5.56 Å². The predicted molar refractivity (Wildman–Crippen MR) is 120 cm³/mol. The Kier molecular flexibility index (Phi) is 6.96. The third kappa shape index (κ3) is 4.49. The molecule has 1 N–H and O–H groups in total. The highest BCUT2D eigenvalue weighted by atomic mass is 16.5. The minimum Gasteiger partial charge on any atom is -0.497 e. The van der Waals surface area contributed by atoms with E-state index in [1.165, 1.54) is 6.92 Å². The van der Waals surface area contributed by atoms with Crippen molar-refractivity contribution in [3.05, 3.63) is 86.7 Å². The molecule has 0 fully saturated rings. The van der Waals surface area contributed by atoms with Gasteiger partial charge in [0.15, 0.2) is 5.78 Å². The van der Waals surface area contributed by atoms with E-state index in [-0.39, 0.29) is 23.2 Å². The van der Waals surface area contributed by atoms with Crippen LogP contribution in [0, 0.1) is 18.3 Å². The highest BCUT2D eigenvalue weighted by Gasteiger charge is 2.25. The van der Waals surface area contributed by atoms with E-state index in [9.17, 15) is 20.0 Å². The summed E-state index contributed by atoms with van der Waals surface area (Å²) in [5.74, 6) is 0.321. The minimum absolute atomic E-state index is 0.00625. The van der Waals surface area contributed by atoms with E-state index in [2.05, 4.69) is 0 Å². The number of benzene rings is 2. The van der Waals surface area contributed by atoms with Crippen LogP contribution in [-0.2, 0) is 6.54 Å². The molecule has 32 heavy (non-hydrogen) atoms. The Balaban J connectivity index is 2.05. The molecule has 3 aromatic rings. The van der Waals surface area contributed by atoms with Crippen LogP contribution in [-0.4, -0.2) is 29.2 Å². The van der Waals surface area contributed by atoms with E-state index in [1.54, 1.807) is 55.6 Å². The molecule has 2 aromatic carbocycles. The second-order valence-electron chi connectivity index (χ2n) is 7.25.